The number of phenols is 1. The molecular weight excluding hydrogens is 350 g/mol. The molecule has 0 aromatic heterocycles. The first-order valence-corrected chi connectivity index (χ1v) is 8.30. The third-order valence-electron chi connectivity index (χ3n) is 2.92. The van der Waals surface area contributed by atoms with Crippen LogP contribution in [-0.2, 0) is 30.9 Å². The Kier molecular flexibility index (Phi) is 6.51. The Morgan fingerprint density at radius 1 is 1.39 bits per heavy atom. The second-order valence-electron chi connectivity index (χ2n) is 4.67. The van der Waals surface area contributed by atoms with Crippen molar-refractivity contribution in [2.75, 3.05) is 6.61 Å². The number of ether oxygens (including phenoxy) is 1. The van der Waals surface area contributed by atoms with Crippen LogP contribution in [0.25, 0.3) is 0 Å². The van der Waals surface area contributed by atoms with Gasteiger partial charge in [-0.3, -0.25) is 14.1 Å². The molecule has 0 amide bonds. The molecule has 8 nitrogen and oxygen atoms in total. The van der Waals surface area contributed by atoms with Crippen LogP contribution in [0.1, 0.15) is 18.9 Å². The van der Waals surface area contributed by atoms with E-state index in [4.69, 9.17) is 26.6 Å². The molecule has 0 aliphatic rings. The maximum absolute atomic E-state index is 11.7. The van der Waals surface area contributed by atoms with Crippen molar-refractivity contribution in [1.29, 1.82) is 0 Å². The number of ketones is 1. The zero-order valence-corrected chi connectivity index (χ0v) is 13.7. The minimum absolute atomic E-state index is 0.101. The van der Waals surface area contributed by atoms with Gasteiger partial charge in [-0.05, 0) is 12.1 Å². The van der Waals surface area contributed by atoms with Crippen LogP contribution in [-0.4, -0.2) is 42.5 Å². The molecule has 0 aliphatic heterocycles. The Hall–Kier alpha value is -1.68. The number of carbonyl (C=O) groups is 2. The average Bonchev–Trinajstić information content (AvgIpc) is 2.46. The number of hydrogen-bond acceptors (Lipinski definition) is 7. The van der Waals surface area contributed by atoms with Crippen molar-refractivity contribution in [2.45, 2.75) is 30.7 Å². The zero-order chi connectivity index (χ0) is 17.8. The van der Waals surface area contributed by atoms with Gasteiger partial charge in [0.05, 0.1) is 12.5 Å². The van der Waals surface area contributed by atoms with E-state index in [0.717, 1.165) is 12.1 Å². The monoisotopic (exact) mass is 365 g/mol. The lowest BCUT2D eigenvalue weighted by molar-refractivity contribution is -0.144. The van der Waals surface area contributed by atoms with Gasteiger partial charge in [0, 0.05) is 17.0 Å². The largest absolute Gasteiger partial charge is 0.506 e. The van der Waals surface area contributed by atoms with Gasteiger partial charge in [0.1, 0.15) is 17.3 Å². The first-order chi connectivity index (χ1) is 10.6. The Labute approximate surface area is 137 Å². The number of carbonyl (C=O) groups excluding carboxylic acids is 2. The number of esters is 1. The molecule has 1 aromatic carbocycles. The van der Waals surface area contributed by atoms with Gasteiger partial charge < -0.3 is 15.6 Å². The molecule has 1 rings (SSSR count). The average molecular weight is 366 g/mol. The van der Waals surface area contributed by atoms with Crippen LogP contribution in [0.15, 0.2) is 17.0 Å². The lowest BCUT2D eigenvalue weighted by Gasteiger charge is -2.12. The van der Waals surface area contributed by atoms with E-state index in [2.05, 4.69) is 0 Å². The summed E-state index contributed by atoms with van der Waals surface area (Å²) in [5.41, 5.74) is 5.35. The molecular formula is C13H16ClNO7S. The fourth-order valence-corrected chi connectivity index (χ4v) is 2.66. The van der Waals surface area contributed by atoms with E-state index in [9.17, 15) is 23.1 Å². The van der Waals surface area contributed by atoms with Crippen LogP contribution in [0.5, 0.6) is 5.75 Å². The van der Waals surface area contributed by atoms with E-state index in [1.165, 1.54) is 0 Å². The minimum Gasteiger partial charge on any atom is -0.506 e. The summed E-state index contributed by atoms with van der Waals surface area (Å²) in [4.78, 5) is 22.2. The van der Waals surface area contributed by atoms with Crippen molar-refractivity contribution in [3.63, 3.8) is 0 Å². The van der Waals surface area contributed by atoms with Crippen LogP contribution >= 0.6 is 11.6 Å². The molecule has 1 atom stereocenters. The lowest BCUT2D eigenvalue weighted by Crippen LogP contribution is -2.35. The number of Topliss-reactive ketones (excluding diaryl/α,β-unsaturated/α-hetero) is 1. The number of phenolic OH excluding ortho intramolecular Hbond substituents is 1. The van der Waals surface area contributed by atoms with Gasteiger partial charge in [-0.15, -0.1) is 0 Å². The van der Waals surface area contributed by atoms with Gasteiger partial charge in [0.2, 0.25) is 0 Å². The van der Waals surface area contributed by atoms with Gasteiger partial charge in [0.25, 0.3) is 10.1 Å². The number of rotatable bonds is 7. The fourth-order valence-electron chi connectivity index (χ4n) is 1.70. The molecule has 0 saturated heterocycles. The predicted octanol–water partition coefficient (Wildman–Crippen LogP) is 0.684. The lowest BCUT2D eigenvalue weighted by atomic mass is 10.1. The number of hydrogen-bond donors (Lipinski definition) is 3. The maximum atomic E-state index is 11.7. The summed E-state index contributed by atoms with van der Waals surface area (Å²) < 4.78 is 36.1. The first-order valence-electron chi connectivity index (χ1n) is 6.49. The van der Waals surface area contributed by atoms with Gasteiger partial charge >= 0.3 is 5.97 Å². The highest BCUT2D eigenvalue weighted by molar-refractivity contribution is 7.86. The molecule has 0 fully saturated rings. The van der Waals surface area contributed by atoms with Crippen molar-refractivity contribution in [2.24, 2.45) is 5.73 Å². The van der Waals surface area contributed by atoms with Crippen molar-refractivity contribution >= 4 is 33.5 Å². The van der Waals surface area contributed by atoms with Crippen molar-refractivity contribution in [3.05, 3.63) is 22.7 Å². The highest BCUT2D eigenvalue weighted by Crippen LogP contribution is 2.31. The van der Waals surface area contributed by atoms with E-state index in [0.29, 0.717) is 0 Å². The fraction of sp³-hybridized carbons (Fsp3) is 0.385. The topological polar surface area (TPSA) is 144 Å². The van der Waals surface area contributed by atoms with E-state index >= 15 is 0 Å². The third-order valence-corrected chi connectivity index (χ3v) is 4.00. The number of halogens is 1. The van der Waals surface area contributed by atoms with E-state index in [1.807, 2.05) is 0 Å². The van der Waals surface area contributed by atoms with Crippen LogP contribution < -0.4 is 5.73 Å². The molecule has 128 valence electrons. The second-order valence-corrected chi connectivity index (χ2v) is 6.50. The van der Waals surface area contributed by atoms with Crippen LogP contribution in [0.4, 0.5) is 0 Å². The molecule has 4 N–H and O–H groups in total. The Balaban J connectivity index is 2.87. The summed E-state index contributed by atoms with van der Waals surface area (Å²) in [6.07, 6.45) is -0.312. The van der Waals surface area contributed by atoms with E-state index < -0.39 is 39.2 Å². The Morgan fingerprint density at radius 2 is 2.00 bits per heavy atom. The summed E-state index contributed by atoms with van der Waals surface area (Å²) in [5.74, 6) is -1.93. The number of nitrogens with two attached hydrogens (primary N) is 1. The van der Waals surface area contributed by atoms with Gasteiger partial charge in [-0.1, -0.05) is 18.5 Å². The molecule has 0 unspecified atom stereocenters. The van der Waals surface area contributed by atoms with Gasteiger partial charge in [-0.25, -0.2) is 0 Å². The van der Waals surface area contributed by atoms with Crippen LogP contribution in [0.2, 0.25) is 5.02 Å². The normalized spacial score (nSPS) is 12.7. The molecule has 0 heterocycles. The minimum atomic E-state index is -4.71. The number of aromatic hydroxyl groups is 1. The Bertz CT molecular complexity index is 717. The summed E-state index contributed by atoms with van der Waals surface area (Å²) in [5, 5.41) is 9.72. The van der Waals surface area contributed by atoms with Gasteiger partial charge in [0.15, 0.2) is 5.78 Å². The highest BCUT2D eigenvalue weighted by atomic mass is 35.5. The summed E-state index contributed by atoms with van der Waals surface area (Å²) in [6, 6.07) is 1.05. The quantitative estimate of drug-likeness (QED) is 0.472. The summed E-state index contributed by atoms with van der Waals surface area (Å²) >= 11 is 5.70. The van der Waals surface area contributed by atoms with Crippen LogP contribution in [0, 0.1) is 0 Å². The highest BCUT2D eigenvalue weighted by Gasteiger charge is 2.22. The summed E-state index contributed by atoms with van der Waals surface area (Å²) in [6.45, 7) is 1.28. The first kappa shape index (κ1) is 19.4. The molecule has 10 heteroatoms. The van der Waals surface area contributed by atoms with E-state index in [-0.39, 0.29) is 29.4 Å². The summed E-state index contributed by atoms with van der Waals surface area (Å²) in [7, 11) is -4.71. The third kappa shape index (κ3) is 5.47. The molecule has 0 saturated carbocycles. The molecule has 23 heavy (non-hydrogen) atoms. The SMILES string of the molecule is CCC(=O)[C@@H](N)COC(=O)Cc1cc(Cl)cc(S(=O)(=O)O)c1O. The predicted molar refractivity (Wildman–Crippen MR) is 80.9 cm³/mol. The maximum Gasteiger partial charge on any atom is 0.310 e. The number of benzene rings is 1. The Morgan fingerprint density at radius 3 is 2.52 bits per heavy atom. The van der Waals surface area contributed by atoms with Crippen LogP contribution in [0.3, 0.4) is 0 Å². The van der Waals surface area contributed by atoms with E-state index in [1.54, 1.807) is 6.92 Å². The zero-order valence-electron chi connectivity index (χ0n) is 12.2. The smallest absolute Gasteiger partial charge is 0.310 e. The molecule has 1 aromatic rings. The molecule has 0 bridgehead atoms. The molecule has 0 aliphatic carbocycles. The van der Waals surface area contributed by atoms with Crippen molar-refractivity contribution < 1.29 is 32.4 Å². The standard InChI is InChI=1S/C13H16ClNO7S/c1-2-10(16)9(15)6-22-12(17)4-7-3-8(14)5-11(13(7)18)23(19,20)21/h3,5,9,18H,2,4,6,15H2,1H3,(H,19,20,21)/t9-/m0/s1. The van der Waals surface area contributed by atoms with Gasteiger partial charge in [-0.2, -0.15) is 8.42 Å². The molecule has 0 spiro atoms. The van der Waals surface area contributed by atoms with Crippen molar-refractivity contribution in [1.82, 2.24) is 0 Å². The second kappa shape index (κ2) is 7.73. The van der Waals surface area contributed by atoms with Crippen molar-refractivity contribution in [3.8, 4) is 5.75 Å². The molecule has 0 radical (unpaired) electrons.